The number of carbonyl (C=O) groups is 1. The van der Waals surface area contributed by atoms with E-state index < -0.39 is 0 Å². The van der Waals surface area contributed by atoms with E-state index in [1.807, 2.05) is 12.1 Å². The van der Waals surface area contributed by atoms with E-state index in [-0.39, 0.29) is 11.5 Å². The van der Waals surface area contributed by atoms with Gasteiger partial charge in [0.05, 0.1) is 18.4 Å². The smallest absolute Gasteiger partial charge is 0.234 e. The SMILES string of the molecule is COc1ccccc1C(=O)c1oc2ccc3c(c2c1N)CCCC3. The molecule has 0 saturated heterocycles. The number of nitrogens with two attached hydrogens (primary N) is 1. The Morgan fingerprint density at radius 1 is 1.12 bits per heavy atom. The lowest BCUT2D eigenvalue weighted by Crippen LogP contribution is -2.06. The number of hydrogen-bond donors (Lipinski definition) is 1. The first-order valence-corrected chi connectivity index (χ1v) is 8.21. The largest absolute Gasteiger partial charge is 0.496 e. The van der Waals surface area contributed by atoms with Crippen LogP contribution in [0.5, 0.6) is 5.75 Å². The molecule has 0 saturated carbocycles. The van der Waals surface area contributed by atoms with E-state index in [0.29, 0.717) is 22.6 Å². The van der Waals surface area contributed by atoms with Crippen LogP contribution in [0.1, 0.15) is 40.1 Å². The van der Waals surface area contributed by atoms with Crippen molar-refractivity contribution in [3.8, 4) is 5.75 Å². The minimum absolute atomic E-state index is 0.202. The van der Waals surface area contributed by atoms with Gasteiger partial charge in [0, 0.05) is 5.39 Å². The molecule has 0 bridgehead atoms. The van der Waals surface area contributed by atoms with Gasteiger partial charge in [-0.2, -0.15) is 0 Å². The van der Waals surface area contributed by atoms with Crippen LogP contribution in [-0.2, 0) is 12.8 Å². The third-order valence-corrected chi connectivity index (χ3v) is 4.78. The number of nitrogen functional groups attached to an aromatic ring is 1. The van der Waals surface area contributed by atoms with Crippen molar-refractivity contribution in [2.24, 2.45) is 0 Å². The van der Waals surface area contributed by atoms with Gasteiger partial charge in [0.2, 0.25) is 5.78 Å². The number of methoxy groups -OCH3 is 1. The van der Waals surface area contributed by atoms with E-state index in [1.165, 1.54) is 17.5 Å². The van der Waals surface area contributed by atoms with Gasteiger partial charge < -0.3 is 14.9 Å². The van der Waals surface area contributed by atoms with Crippen LogP contribution in [0.3, 0.4) is 0 Å². The first kappa shape index (κ1) is 14.8. The molecule has 1 aromatic heterocycles. The average Bonchev–Trinajstić information content (AvgIpc) is 2.98. The summed E-state index contributed by atoms with van der Waals surface area (Å²) in [5, 5.41) is 0.908. The van der Waals surface area contributed by atoms with Crippen molar-refractivity contribution < 1.29 is 13.9 Å². The van der Waals surface area contributed by atoms with E-state index in [4.69, 9.17) is 14.9 Å². The number of fused-ring (bicyclic) bond motifs is 3. The Balaban J connectivity index is 1.89. The Morgan fingerprint density at radius 3 is 2.75 bits per heavy atom. The molecule has 122 valence electrons. The zero-order valence-electron chi connectivity index (χ0n) is 13.6. The molecule has 4 rings (SSSR count). The number of ketones is 1. The number of para-hydroxylation sites is 1. The maximum absolute atomic E-state index is 12.9. The minimum Gasteiger partial charge on any atom is -0.496 e. The van der Waals surface area contributed by atoms with E-state index >= 15 is 0 Å². The summed E-state index contributed by atoms with van der Waals surface area (Å²) < 4.78 is 11.1. The van der Waals surface area contributed by atoms with E-state index in [9.17, 15) is 4.79 Å². The van der Waals surface area contributed by atoms with Crippen LogP contribution in [0, 0.1) is 0 Å². The number of aryl methyl sites for hydroxylation is 2. The second-order valence-electron chi connectivity index (χ2n) is 6.16. The maximum Gasteiger partial charge on any atom is 0.234 e. The van der Waals surface area contributed by atoms with E-state index in [2.05, 4.69) is 6.07 Å². The lowest BCUT2D eigenvalue weighted by molar-refractivity contribution is 0.101. The molecule has 0 fully saturated rings. The molecule has 0 aliphatic heterocycles. The van der Waals surface area contributed by atoms with Crippen molar-refractivity contribution in [1.29, 1.82) is 0 Å². The second-order valence-corrected chi connectivity index (χ2v) is 6.16. The third-order valence-electron chi connectivity index (χ3n) is 4.78. The topological polar surface area (TPSA) is 65.5 Å². The molecule has 4 heteroatoms. The van der Waals surface area contributed by atoms with Crippen molar-refractivity contribution in [1.82, 2.24) is 0 Å². The molecular formula is C20H19NO3. The van der Waals surface area contributed by atoms with Crippen molar-refractivity contribution in [3.05, 3.63) is 58.8 Å². The lowest BCUT2D eigenvalue weighted by atomic mass is 9.89. The molecule has 24 heavy (non-hydrogen) atoms. The Labute approximate surface area is 140 Å². The second kappa shape index (κ2) is 5.71. The van der Waals surface area contributed by atoms with Gasteiger partial charge in [-0.15, -0.1) is 0 Å². The summed E-state index contributed by atoms with van der Waals surface area (Å²) in [6, 6.07) is 11.1. The summed E-state index contributed by atoms with van der Waals surface area (Å²) in [7, 11) is 1.55. The van der Waals surface area contributed by atoms with Crippen molar-refractivity contribution in [2.45, 2.75) is 25.7 Å². The zero-order chi connectivity index (χ0) is 16.7. The van der Waals surface area contributed by atoms with Gasteiger partial charge >= 0.3 is 0 Å². The summed E-state index contributed by atoms with van der Waals surface area (Å²) in [5.74, 6) is 0.476. The van der Waals surface area contributed by atoms with Gasteiger partial charge in [-0.3, -0.25) is 4.79 Å². The number of ether oxygens (including phenoxy) is 1. The van der Waals surface area contributed by atoms with Gasteiger partial charge in [0.1, 0.15) is 11.3 Å². The molecule has 1 aliphatic carbocycles. The predicted octanol–water partition coefficient (Wildman–Crippen LogP) is 4.13. The highest BCUT2D eigenvalue weighted by Gasteiger charge is 2.25. The van der Waals surface area contributed by atoms with Crippen LogP contribution in [0.25, 0.3) is 11.0 Å². The Hall–Kier alpha value is -2.75. The van der Waals surface area contributed by atoms with Crippen LogP contribution in [-0.4, -0.2) is 12.9 Å². The van der Waals surface area contributed by atoms with Crippen LogP contribution in [0.15, 0.2) is 40.8 Å². The molecule has 0 amide bonds. The van der Waals surface area contributed by atoms with Crippen LogP contribution in [0.2, 0.25) is 0 Å². The number of rotatable bonds is 3. The number of carbonyl (C=O) groups excluding carboxylic acids is 1. The van der Waals surface area contributed by atoms with E-state index in [1.54, 1.807) is 25.3 Å². The molecule has 0 unspecified atom stereocenters. The third kappa shape index (κ3) is 2.18. The molecule has 3 aromatic rings. The molecular weight excluding hydrogens is 302 g/mol. The van der Waals surface area contributed by atoms with Crippen molar-refractivity contribution in [3.63, 3.8) is 0 Å². The van der Waals surface area contributed by atoms with Gasteiger partial charge in [-0.1, -0.05) is 18.2 Å². The molecule has 2 N–H and O–H groups in total. The fraction of sp³-hybridized carbons (Fsp3) is 0.250. The molecule has 0 atom stereocenters. The highest BCUT2D eigenvalue weighted by Crippen LogP contribution is 2.37. The fourth-order valence-corrected chi connectivity index (χ4v) is 3.59. The number of anilines is 1. The van der Waals surface area contributed by atoms with Gasteiger partial charge in [0.15, 0.2) is 5.76 Å². The fourth-order valence-electron chi connectivity index (χ4n) is 3.59. The Bertz CT molecular complexity index is 939. The standard InChI is InChI=1S/C20H19NO3/c1-23-15-9-5-4-8-14(15)19(22)20-18(21)17-13-7-3-2-6-12(13)10-11-16(17)24-20/h4-5,8-11H,2-3,6-7,21H2,1H3. The van der Waals surface area contributed by atoms with E-state index in [0.717, 1.165) is 24.6 Å². The predicted molar refractivity (Wildman–Crippen MR) is 93.7 cm³/mol. The summed E-state index contributed by atoms with van der Waals surface area (Å²) in [6.07, 6.45) is 4.39. The first-order valence-electron chi connectivity index (χ1n) is 8.21. The highest BCUT2D eigenvalue weighted by atomic mass is 16.5. The van der Waals surface area contributed by atoms with Crippen molar-refractivity contribution in [2.75, 3.05) is 12.8 Å². The Morgan fingerprint density at radius 2 is 1.92 bits per heavy atom. The van der Waals surface area contributed by atoms with Gasteiger partial charge in [-0.05, 0) is 55.0 Å². The first-order chi connectivity index (χ1) is 11.7. The minimum atomic E-state index is -0.245. The lowest BCUT2D eigenvalue weighted by Gasteiger charge is -2.16. The van der Waals surface area contributed by atoms with Crippen LogP contribution >= 0.6 is 0 Å². The van der Waals surface area contributed by atoms with Crippen LogP contribution in [0.4, 0.5) is 5.69 Å². The zero-order valence-corrected chi connectivity index (χ0v) is 13.6. The number of benzene rings is 2. The highest BCUT2D eigenvalue weighted by molar-refractivity contribution is 6.16. The molecule has 1 aliphatic rings. The number of furan rings is 1. The van der Waals surface area contributed by atoms with Gasteiger partial charge in [0.25, 0.3) is 0 Å². The van der Waals surface area contributed by atoms with Crippen LogP contribution < -0.4 is 10.5 Å². The monoisotopic (exact) mass is 321 g/mol. The summed E-state index contributed by atoms with van der Waals surface area (Å²) in [4.78, 5) is 12.9. The van der Waals surface area contributed by atoms with Gasteiger partial charge in [-0.25, -0.2) is 0 Å². The average molecular weight is 321 g/mol. The Kier molecular flexibility index (Phi) is 3.53. The normalized spacial score (nSPS) is 13.7. The molecule has 0 spiro atoms. The number of hydrogen-bond acceptors (Lipinski definition) is 4. The summed E-state index contributed by atoms with van der Waals surface area (Å²) in [5.41, 5.74) is 10.5. The quantitative estimate of drug-likeness (QED) is 0.737. The molecule has 2 aromatic carbocycles. The molecule has 0 radical (unpaired) electrons. The maximum atomic E-state index is 12.9. The molecule has 1 heterocycles. The molecule has 4 nitrogen and oxygen atoms in total. The summed E-state index contributed by atoms with van der Waals surface area (Å²) >= 11 is 0. The summed E-state index contributed by atoms with van der Waals surface area (Å²) in [6.45, 7) is 0. The van der Waals surface area contributed by atoms with Crippen molar-refractivity contribution >= 4 is 22.4 Å².